The molecule has 3 aromatic rings. The Morgan fingerprint density at radius 3 is 2.82 bits per heavy atom. The van der Waals surface area contributed by atoms with Gasteiger partial charge in [-0.25, -0.2) is 4.79 Å². The summed E-state index contributed by atoms with van der Waals surface area (Å²) in [5.41, 5.74) is 2.11. The van der Waals surface area contributed by atoms with Crippen LogP contribution >= 0.6 is 22.9 Å². The van der Waals surface area contributed by atoms with Crippen LogP contribution in [0, 0.1) is 6.92 Å². The molecule has 2 heterocycles. The van der Waals surface area contributed by atoms with Crippen LogP contribution in [0.5, 0.6) is 0 Å². The van der Waals surface area contributed by atoms with Gasteiger partial charge in [-0.3, -0.25) is 4.90 Å². The molecule has 0 radical (unpaired) electrons. The Bertz CT molecular complexity index is 855. The molecule has 0 unspecified atom stereocenters. The number of hydrogen-bond donors (Lipinski definition) is 0. The molecule has 114 valence electrons. The second-order valence-electron chi connectivity index (χ2n) is 5.44. The van der Waals surface area contributed by atoms with Crippen LogP contribution in [0.3, 0.4) is 0 Å². The Hall–Kier alpha value is -1.62. The molecular weight excluding hydrogens is 318 g/mol. The lowest BCUT2D eigenvalue weighted by Crippen LogP contribution is -2.18. The highest BCUT2D eigenvalue weighted by molar-refractivity contribution is 7.09. The molecule has 1 aromatic carbocycles. The zero-order valence-corrected chi connectivity index (χ0v) is 14.0. The van der Waals surface area contributed by atoms with Crippen molar-refractivity contribution in [3.8, 4) is 0 Å². The van der Waals surface area contributed by atoms with E-state index in [-0.39, 0.29) is 5.63 Å². The van der Waals surface area contributed by atoms with Crippen LogP contribution in [0.1, 0.15) is 16.0 Å². The molecule has 0 spiro atoms. The third-order valence-corrected chi connectivity index (χ3v) is 4.82. The van der Waals surface area contributed by atoms with Crippen molar-refractivity contribution < 1.29 is 4.42 Å². The SMILES string of the molecule is Cc1cc2oc(=O)cc(CN(C)Cc3cccs3)c2cc1Cl. The lowest BCUT2D eigenvalue weighted by molar-refractivity contribution is 0.322. The minimum Gasteiger partial charge on any atom is -0.423 e. The molecule has 3 nitrogen and oxygen atoms in total. The average Bonchev–Trinajstić information content (AvgIpc) is 2.93. The fourth-order valence-electron chi connectivity index (χ4n) is 2.49. The van der Waals surface area contributed by atoms with E-state index in [0.29, 0.717) is 17.2 Å². The summed E-state index contributed by atoms with van der Waals surface area (Å²) < 4.78 is 5.29. The summed E-state index contributed by atoms with van der Waals surface area (Å²) in [6, 6.07) is 9.41. The van der Waals surface area contributed by atoms with Crippen molar-refractivity contribution in [2.24, 2.45) is 0 Å². The van der Waals surface area contributed by atoms with Gasteiger partial charge in [0.1, 0.15) is 5.58 Å². The number of thiophene rings is 1. The Balaban J connectivity index is 1.95. The van der Waals surface area contributed by atoms with Gasteiger partial charge in [-0.2, -0.15) is 0 Å². The zero-order chi connectivity index (χ0) is 15.7. The molecule has 22 heavy (non-hydrogen) atoms. The maximum absolute atomic E-state index is 11.8. The summed E-state index contributed by atoms with van der Waals surface area (Å²) in [5, 5.41) is 3.65. The Kier molecular flexibility index (Phi) is 4.34. The van der Waals surface area contributed by atoms with E-state index in [1.807, 2.05) is 32.2 Å². The first kappa shape index (κ1) is 15.3. The molecule has 0 aliphatic heterocycles. The molecular formula is C17H16ClNO2S. The standard InChI is InChI=1S/C17H16ClNO2S/c1-11-6-16-14(8-15(11)18)12(7-17(20)21-16)9-19(2)10-13-4-3-5-22-13/h3-8H,9-10H2,1-2H3. The Morgan fingerprint density at radius 1 is 1.27 bits per heavy atom. The van der Waals surface area contributed by atoms with Crippen LogP contribution in [0.2, 0.25) is 5.02 Å². The molecule has 0 N–H and O–H groups in total. The summed E-state index contributed by atoms with van der Waals surface area (Å²) in [6.07, 6.45) is 0. The molecule has 0 fully saturated rings. The van der Waals surface area contributed by atoms with Crippen LogP contribution in [0.25, 0.3) is 11.0 Å². The molecule has 3 rings (SSSR count). The van der Waals surface area contributed by atoms with Gasteiger partial charge in [0.05, 0.1) is 0 Å². The van der Waals surface area contributed by atoms with Crippen molar-refractivity contribution in [3.05, 3.63) is 67.2 Å². The quantitative estimate of drug-likeness (QED) is 0.661. The largest absolute Gasteiger partial charge is 0.423 e. The van der Waals surface area contributed by atoms with E-state index in [1.54, 1.807) is 17.4 Å². The van der Waals surface area contributed by atoms with Gasteiger partial charge in [-0.1, -0.05) is 17.7 Å². The molecule has 0 saturated heterocycles. The summed E-state index contributed by atoms with van der Waals surface area (Å²) in [4.78, 5) is 15.3. The van der Waals surface area contributed by atoms with Gasteiger partial charge < -0.3 is 4.42 Å². The third-order valence-electron chi connectivity index (χ3n) is 3.56. The first-order valence-electron chi connectivity index (χ1n) is 6.97. The highest BCUT2D eigenvalue weighted by Crippen LogP contribution is 2.26. The van der Waals surface area contributed by atoms with Crippen molar-refractivity contribution in [1.29, 1.82) is 0 Å². The fraction of sp³-hybridized carbons (Fsp3) is 0.235. The second kappa shape index (κ2) is 6.24. The van der Waals surface area contributed by atoms with E-state index in [4.69, 9.17) is 16.0 Å². The molecule has 0 saturated carbocycles. The van der Waals surface area contributed by atoms with Crippen LogP contribution < -0.4 is 5.63 Å². The number of benzene rings is 1. The number of hydrogen-bond acceptors (Lipinski definition) is 4. The number of halogens is 1. The molecule has 2 aromatic heterocycles. The van der Waals surface area contributed by atoms with E-state index in [2.05, 4.69) is 16.3 Å². The molecule has 0 aliphatic rings. The normalized spacial score (nSPS) is 11.5. The third kappa shape index (κ3) is 3.24. The van der Waals surface area contributed by atoms with Crippen LogP contribution in [-0.4, -0.2) is 11.9 Å². The zero-order valence-electron chi connectivity index (χ0n) is 12.4. The number of fused-ring (bicyclic) bond motifs is 1. The van der Waals surface area contributed by atoms with E-state index in [9.17, 15) is 4.79 Å². The van der Waals surface area contributed by atoms with E-state index >= 15 is 0 Å². The van der Waals surface area contributed by atoms with E-state index in [0.717, 1.165) is 23.1 Å². The first-order chi connectivity index (χ1) is 10.5. The predicted octanol–water partition coefficient (Wildman–Crippen LogP) is 4.45. The lowest BCUT2D eigenvalue weighted by atomic mass is 10.1. The first-order valence-corrected chi connectivity index (χ1v) is 8.22. The summed E-state index contributed by atoms with van der Waals surface area (Å²) in [6.45, 7) is 3.41. The highest BCUT2D eigenvalue weighted by Gasteiger charge is 2.11. The summed E-state index contributed by atoms with van der Waals surface area (Å²) >= 11 is 7.95. The predicted molar refractivity (Wildman–Crippen MR) is 91.7 cm³/mol. The van der Waals surface area contributed by atoms with Gasteiger partial charge in [0, 0.05) is 34.4 Å². The maximum Gasteiger partial charge on any atom is 0.336 e. The van der Waals surface area contributed by atoms with E-state index in [1.165, 1.54) is 4.88 Å². The molecule has 0 amide bonds. The van der Waals surface area contributed by atoms with Gasteiger partial charge in [0.2, 0.25) is 0 Å². The van der Waals surface area contributed by atoms with Crippen molar-refractivity contribution in [3.63, 3.8) is 0 Å². The monoisotopic (exact) mass is 333 g/mol. The Morgan fingerprint density at radius 2 is 2.09 bits per heavy atom. The summed E-state index contributed by atoms with van der Waals surface area (Å²) in [7, 11) is 2.04. The van der Waals surface area contributed by atoms with Gasteiger partial charge in [-0.05, 0) is 48.7 Å². The molecule has 0 aliphatic carbocycles. The van der Waals surface area contributed by atoms with Crippen molar-refractivity contribution in [1.82, 2.24) is 4.90 Å². The van der Waals surface area contributed by atoms with Crippen LogP contribution in [0.15, 0.2) is 44.9 Å². The fourth-order valence-corrected chi connectivity index (χ4v) is 3.44. The van der Waals surface area contributed by atoms with Crippen LogP contribution in [-0.2, 0) is 13.1 Å². The van der Waals surface area contributed by atoms with Crippen LogP contribution in [0.4, 0.5) is 0 Å². The van der Waals surface area contributed by atoms with Crippen molar-refractivity contribution >= 4 is 33.9 Å². The second-order valence-corrected chi connectivity index (χ2v) is 6.88. The Labute approximate surface area is 137 Å². The topological polar surface area (TPSA) is 33.5 Å². The number of nitrogens with zero attached hydrogens (tertiary/aromatic N) is 1. The van der Waals surface area contributed by atoms with Gasteiger partial charge in [0.15, 0.2) is 0 Å². The van der Waals surface area contributed by atoms with Crippen molar-refractivity contribution in [2.45, 2.75) is 20.0 Å². The smallest absolute Gasteiger partial charge is 0.336 e. The van der Waals surface area contributed by atoms with Gasteiger partial charge >= 0.3 is 5.63 Å². The minimum atomic E-state index is -0.325. The van der Waals surface area contributed by atoms with Gasteiger partial charge in [-0.15, -0.1) is 11.3 Å². The van der Waals surface area contributed by atoms with E-state index < -0.39 is 0 Å². The van der Waals surface area contributed by atoms with Gasteiger partial charge in [0.25, 0.3) is 0 Å². The summed E-state index contributed by atoms with van der Waals surface area (Å²) in [5.74, 6) is 0. The average molecular weight is 334 g/mol. The number of rotatable bonds is 4. The highest BCUT2D eigenvalue weighted by atomic mass is 35.5. The molecule has 0 bridgehead atoms. The molecule has 5 heteroatoms. The lowest BCUT2D eigenvalue weighted by Gasteiger charge is -2.17. The molecule has 0 atom stereocenters. The van der Waals surface area contributed by atoms with Crippen molar-refractivity contribution in [2.75, 3.05) is 7.05 Å². The number of aryl methyl sites for hydroxylation is 1. The maximum atomic E-state index is 11.8. The minimum absolute atomic E-state index is 0.325.